The number of hydrogen-bond donors (Lipinski definition) is 3. The molecule has 0 spiro atoms. The molecule has 2 rings (SSSR count). The van der Waals surface area contributed by atoms with Crippen LogP contribution in [0, 0.1) is 12.8 Å². The Hall–Kier alpha value is -0.920. The van der Waals surface area contributed by atoms with Gasteiger partial charge in [0.25, 0.3) is 0 Å². The topological polar surface area (TPSA) is 86.9 Å². The molecule has 1 heterocycles. The summed E-state index contributed by atoms with van der Waals surface area (Å²) in [6.07, 6.45) is 5.47. The van der Waals surface area contributed by atoms with E-state index in [2.05, 4.69) is 27.2 Å². The van der Waals surface area contributed by atoms with Crippen molar-refractivity contribution in [1.82, 2.24) is 20.2 Å². The van der Waals surface area contributed by atoms with Crippen LogP contribution in [-0.4, -0.2) is 31.7 Å². The first kappa shape index (κ1) is 16.5. The number of nitrogens with zero attached hydrogens (tertiary/aromatic N) is 1. The Kier molecular flexibility index (Phi) is 5.40. The molecule has 120 valence electrons. The maximum Gasteiger partial charge on any atom is 0.244 e. The molecule has 0 bridgehead atoms. The van der Waals surface area contributed by atoms with Crippen LogP contribution in [0.2, 0.25) is 0 Å². The molecule has 0 aliphatic heterocycles. The Labute approximate surface area is 127 Å². The van der Waals surface area contributed by atoms with E-state index in [1.54, 1.807) is 14.0 Å². The number of hydrogen-bond acceptors (Lipinski definition) is 4. The van der Waals surface area contributed by atoms with Gasteiger partial charge in [0.2, 0.25) is 10.0 Å². The molecule has 1 saturated carbocycles. The van der Waals surface area contributed by atoms with Crippen LogP contribution in [0.4, 0.5) is 0 Å². The molecule has 2 unspecified atom stereocenters. The standard InChI is InChI=1S/C14H26N4O2S/c1-10-7-5-4-6-8-12(10)18-21(19,20)14-11(2)16-17-13(14)9-15-3/h10,12,15,18H,4-9H2,1-3H3,(H,16,17). The lowest BCUT2D eigenvalue weighted by Crippen LogP contribution is -2.39. The predicted molar refractivity (Wildman–Crippen MR) is 82.4 cm³/mol. The van der Waals surface area contributed by atoms with Crippen molar-refractivity contribution in [3.8, 4) is 0 Å². The van der Waals surface area contributed by atoms with Gasteiger partial charge in [-0.1, -0.05) is 26.2 Å². The van der Waals surface area contributed by atoms with Gasteiger partial charge in [-0.05, 0) is 32.7 Å². The molecule has 6 nitrogen and oxygen atoms in total. The van der Waals surface area contributed by atoms with Crippen LogP contribution < -0.4 is 10.0 Å². The number of aromatic nitrogens is 2. The Morgan fingerprint density at radius 1 is 1.29 bits per heavy atom. The van der Waals surface area contributed by atoms with Crippen molar-refractivity contribution in [3.63, 3.8) is 0 Å². The van der Waals surface area contributed by atoms with Crippen molar-refractivity contribution >= 4 is 10.0 Å². The Morgan fingerprint density at radius 3 is 2.71 bits per heavy atom. The van der Waals surface area contributed by atoms with Gasteiger partial charge < -0.3 is 5.32 Å². The highest BCUT2D eigenvalue weighted by atomic mass is 32.2. The highest BCUT2D eigenvalue weighted by molar-refractivity contribution is 7.89. The molecule has 0 radical (unpaired) electrons. The number of nitrogens with one attached hydrogen (secondary N) is 3. The molecule has 1 aromatic heterocycles. The van der Waals surface area contributed by atoms with Gasteiger partial charge in [-0.25, -0.2) is 13.1 Å². The average Bonchev–Trinajstić information content (AvgIpc) is 2.67. The Balaban J connectivity index is 2.23. The zero-order valence-electron chi connectivity index (χ0n) is 13.1. The number of aromatic amines is 1. The molecule has 0 saturated heterocycles. The third-order valence-corrected chi connectivity index (χ3v) is 5.93. The summed E-state index contributed by atoms with van der Waals surface area (Å²) in [6.45, 7) is 4.31. The zero-order chi connectivity index (χ0) is 15.5. The Bertz CT molecular complexity index is 568. The van der Waals surface area contributed by atoms with Crippen LogP contribution in [0.5, 0.6) is 0 Å². The van der Waals surface area contributed by atoms with Crippen molar-refractivity contribution in [3.05, 3.63) is 11.4 Å². The molecule has 2 atom stereocenters. The first-order chi connectivity index (χ1) is 9.95. The van der Waals surface area contributed by atoms with Crippen molar-refractivity contribution in [1.29, 1.82) is 0 Å². The van der Waals surface area contributed by atoms with Crippen LogP contribution in [0.1, 0.15) is 50.4 Å². The maximum absolute atomic E-state index is 12.7. The normalized spacial score (nSPS) is 24.0. The quantitative estimate of drug-likeness (QED) is 0.722. The van der Waals surface area contributed by atoms with Crippen LogP contribution in [0.25, 0.3) is 0 Å². The molecular weight excluding hydrogens is 288 g/mol. The highest BCUT2D eigenvalue weighted by Gasteiger charge is 2.29. The van der Waals surface area contributed by atoms with E-state index in [4.69, 9.17) is 0 Å². The average molecular weight is 314 g/mol. The van der Waals surface area contributed by atoms with Crippen molar-refractivity contribution in [2.75, 3.05) is 7.05 Å². The number of sulfonamides is 1. The molecule has 1 aliphatic rings. The van der Waals surface area contributed by atoms with Gasteiger partial charge >= 0.3 is 0 Å². The van der Waals surface area contributed by atoms with Gasteiger partial charge in [-0.15, -0.1) is 0 Å². The zero-order valence-corrected chi connectivity index (χ0v) is 13.9. The fraction of sp³-hybridized carbons (Fsp3) is 0.786. The number of aryl methyl sites for hydroxylation is 1. The summed E-state index contributed by atoms with van der Waals surface area (Å²) in [7, 11) is -1.75. The number of rotatable bonds is 5. The molecule has 1 aliphatic carbocycles. The van der Waals surface area contributed by atoms with Gasteiger partial charge in [0.1, 0.15) is 4.90 Å². The lowest BCUT2D eigenvalue weighted by atomic mass is 9.98. The lowest BCUT2D eigenvalue weighted by Gasteiger charge is -2.22. The summed E-state index contributed by atoms with van der Waals surface area (Å²) in [4.78, 5) is 0.299. The summed E-state index contributed by atoms with van der Waals surface area (Å²) < 4.78 is 28.4. The summed E-state index contributed by atoms with van der Waals surface area (Å²) in [5, 5.41) is 9.83. The summed E-state index contributed by atoms with van der Waals surface area (Å²) in [5.74, 6) is 0.377. The second-order valence-electron chi connectivity index (χ2n) is 6.00. The summed E-state index contributed by atoms with van der Waals surface area (Å²) >= 11 is 0. The van der Waals surface area contributed by atoms with Crippen molar-refractivity contribution < 1.29 is 8.42 Å². The van der Waals surface area contributed by atoms with E-state index in [0.717, 1.165) is 19.3 Å². The van der Waals surface area contributed by atoms with Crippen molar-refractivity contribution in [2.45, 2.75) is 63.4 Å². The number of H-pyrrole nitrogens is 1. The maximum atomic E-state index is 12.7. The van der Waals surface area contributed by atoms with Crippen LogP contribution in [0.3, 0.4) is 0 Å². The molecule has 0 aromatic carbocycles. The second kappa shape index (κ2) is 6.89. The molecule has 7 heteroatoms. The monoisotopic (exact) mass is 314 g/mol. The molecule has 1 fully saturated rings. The largest absolute Gasteiger partial charge is 0.314 e. The summed E-state index contributed by atoms with van der Waals surface area (Å²) in [6, 6.07) is 0.0224. The van der Waals surface area contributed by atoms with E-state index < -0.39 is 10.0 Å². The molecule has 21 heavy (non-hydrogen) atoms. The Morgan fingerprint density at radius 2 is 2.00 bits per heavy atom. The minimum atomic E-state index is -3.53. The van der Waals surface area contributed by atoms with E-state index in [0.29, 0.717) is 28.7 Å². The minimum absolute atomic E-state index is 0.0224. The van der Waals surface area contributed by atoms with E-state index >= 15 is 0 Å². The van der Waals surface area contributed by atoms with Gasteiger partial charge in [0, 0.05) is 12.6 Å². The minimum Gasteiger partial charge on any atom is -0.314 e. The van der Waals surface area contributed by atoms with Crippen LogP contribution in [-0.2, 0) is 16.6 Å². The van der Waals surface area contributed by atoms with Crippen LogP contribution >= 0.6 is 0 Å². The molecule has 3 N–H and O–H groups in total. The first-order valence-corrected chi connectivity index (χ1v) is 9.14. The predicted octanol–water partition coefficient (Wildman–Crippen LogP) is 1.68. The van der Waals surface area contributed by atoms with Gasteiger partial charge in [0.05, 0.1) is 11.4 Å². The van der Waals surface area contributed by atoms with E-state index in [9.17, 15) is 8.42 Å². The molecule has 0 amide bonds. The van der Waals surface area contributed by atoms with E-state index in [1.807, 2.05) is 0 Å². The smallest absolute Gasteiger partial charge is 0.244 e. The van der Waals surface area contributed by atoms with Gasteiger partial charge in [0.15, 0.2) is 0 Å². The SMILES string of the molecule is CNCc1n[nH]c(C)c1S(=O)(=O)NC1CCCCCC1C. The fourth-order valence-corrected chi connectivity index (χ4v) is 4.78. The third-order valence-electron chi connectivity index (χ3n) is 4.24. The van der Waals surface area contributed by atoms with E-state index in [-0.39, 0.29) is 6.04 Å². The van der Waals surface area contributed by atoms with Crippen molar-refractivity contribution in [2.24, 2.45) is 5.92 Å². The molecular formula is C14H26N4O2S. The van der Waals surface area contributed by atoms with E-state index in [1.165, 1.54) is 12.8 Å². The van der Waals surface area contributed by atoms with Gasteiger partial charge in [-0.3, -0.25) is 5.10 Å². The third kappa shape index (κ3) is 3.84. The molecule has 1 aromatic rings. The van der Waals surface area contributed by atoms with Crippen LogP contribution in [0.15, 0.2) is 4.90 Å². The van der Waals surface area contributed by atoms with Gasteiger partial charge in [-0.2, -0.15) is 5.10 Å². The first-order valence-electron chi connectivity index (χ1n) is 7.66. The fourth-order valence-electron chi connectivity index (χ4n) is 3.04. The highest BCUT2D eigenvalue weighted by Crippen LogP contribution is 2.25. The summed E-state index contributed by atoms with van der Waals surface area (Å²) in [5.41, 5.74) is 1.14. The lowest BCUT2D eigenvalue weighted by molar-refractivity contribution is 0.399. The second-order valence-corrected chi connectivity index (χ2v) is 7.65.